The monoisotopic (exact) mass is 466 g/mol. The van der Waals surface area contributed by atoms with Crippen molar-refractivity contribution in [2.75, 3.05) is 0 Å². The number of nitrogens with zero attached hydrogens (tertiary/aromatic N) is 2. The molecule has 156 valence electrons. The first kappa shape index (κ1) is 21.2. The van der Waals surface area contributed by atoms with Crippen LogP contribution < -0.4 is 5.46 Å². The molecule has 5 rings (SSSR count). The molecule has 2 aromatic carbocycles. The van der Waals surface area contributed by atoms with Gasteiger partial charge in [-0.05, 0) is 67.2 Å². The molecule has 0 bridgehead atoms. The average molecular weight is 467 g/mol. The van der Waals surface area contributed by atoms with E-state index < -0.39 is 0 Å². The number of hydrogen-bond acceptors (Lipinski definition) is 2. The number of aromatic nitrogens is 2. The molecular weight excluding hydrogens is 439 g/mol. The molecule has 0 radical (unpaired) electrons. The van der Waals surface area contributed by atoms with Gasteiger partial charge < -0.3 is 18.4 Å². The van der Waals surface area contributed by atoms with E-state index >= 15 is 0 Å². The van der Waals surface area contributed by atoms with Crippen LogP contribution in [-0.2, 0) is 23.4 Å². The van der Waals surface area contributed by atoms with Crippen LogP contribution in [0.15, 0.2) is 65.4 Å². The summed E-state index contributed by atoms with van der Waals surface area (Å²) >= 11 is 3.51. The fourth-order valence-electron chi connectivity index (χ4n) is 3.85. The van der Waals surface area contributed by atoms with Crippen LogP contribution in [-0.4, -0.2) is 27.5 Å². The van der Waals surface area contributed by atoms with Crippen molar-refractivity contribution >= 4 is 50.3 Å². The molecule has 1 saturated heterocycles. The topological polar surface area (TPSA) is 28.3 Å². The third kappa shape index (κ3) is 3.62. The highest BCUT2D eigenvalue weighted by molar-refractivity contribution is 9.10. The van der Waals surface area contributed by atoms with Gasteiger partial charge >= 0.3 is 7.12 Å². The van der Waals surface area contributed by atoms with Crippen LogP contribution in [0, 0.1) is 0 Å². The van der Waals surface area contributed by atoms with Crippen LogP contribution in [0.25, 0.3) is 21.8 Å². The fourth-order valence-corrected chi connectivity index (χ4v) is 4.52. The number of hydrogen-bond donors (Lipinski definition) is 0. The van der Waals surface area contributed by atoms with Crippen molar-refractivity contribution in [3.63, 3.8) is 0 Å². The van der Waals surface area contributed by atoms with Crippen molar-refractivity contribution in [3.05, 3.63) is 65.4 Å². The minimum atomic E-state index is -0.303. The largest absolute Gasteiger partial charge is 0.497 e. The lowest BCUT2D eigenvalue weighted by Crippen LogP contribution is -2.41. The van der Waals surface area contributed by atoms with Crippen molar-refractivity contribution in [2.24, 2.45) is 14.1 Å². The second-order valence-electron chi connectivity index (χ2n) is 8.90. The van der Waals surface area contributed by atoms with E-state index in [1.807, 2.05) is 13.1 Å². The number of para-hydroxylation sites is 2. The molecular formula is C24H28BBrN2O2. The Morgan fingerprint density at radius 1 is 0.733 bits per heavy atom. The van der Waals surface area contributed by atoms with Crippen LogP contribution in [0.2, 0.25) is 0 Å². The number of halogens is 1. The SMILES string of the molecule is Cn1ccc2cccc(B3OC(C)(C)C(C)(C)O3)c21.Cn1ccc2cccc(Br)c21. The van der Waals surface area contributed by atoms with Gasteiger partial charge in [0.15, 0.2) is 0 Å². The Bertz CT molecular complexity index is 1190. The maximum Gasteiger partial charge on any atom is 0.497 e. The zero-order chi connectivity index (χ0) is 21.7. The van der Waals surface area contributed by atoms with Crippen molar-refractivity contribution in [2.45, 2.75) is 38.9 Å². The zero-order valence-electron chi connectivity index (χ0n) is 18.4. The quantitative estimate of drug-likeness (QED) is 0.350. The third-order valence-corrected chi connectivity index (χ3v) is 6.92. The number of aryl methyl sites for hydroxylation is 2. The predicted octanol–water partition coefficient (Wildman–Crippen LogP) is 5.42. The first-order valence-electron chi connectivity index (χ1n) is 10.2. The Morgan fingerprint density at radius 2 is 1.23 bits per heavy atom. The Hall–Kier alpha value is -2.02. The van der Waals surface area contributed by atoms with Crippen molar-refractivity contribution < 1.29 is 9.31 Å². The standard InChI is InChI=1S/C15H20BNO2.C9H8BrN/c1-14(2)15(3,4)19-16(18-14)12-8-6-7-11-9-10-17(5)13(11)12;1-11-6-5-7-3-2-4-8(10)9(7)11/h6-10H,1-5H3;2-6H,1H3. The zero-order valence-corrected chi connectivity index (χ0v) is 20.0. The number of rotatable bonds is 1. The Morgan fingerprint density at radius 3 is 1.80 bits per heavy atom. The average Bonchev–Trinajstić information content (AvgIpc) is 3.31. The molecule has 4 nitrogen and oxygen atoms in total. The lowest BCUT2D eigenvalue weighted by atomic mass is 9.78. The molecule has 0 aliphatic carbocycles. The molecule has 4 aromatic rings. The van der Waals surface area contributed by atoms with E-state index in [-0.39, 0.29) is 18.3 Å². The molecule has 1 aliphatic heterocycles. The van der Waals surface area contributed by atoms with E-state index in [4.69, 9.17) is 9.31 Å². The van der Waals surface area contributed by atoms with Gasteiger partial charge in [-0.2, -0.15) is 0 Å². The van der Waals surface area contributed by atoms with Gasteiger partial charge in [-0.25, -0.2) is 0 Å². The first-order valence-corrected chi connectivity index (χ1v) is 11.0. The van der Waals surface area contributed by atoms with Crippen LogP contribution >= 0.6 is 15.9 Å². The summed E-state index contributed by atoms with van der Waals surface area (Å²) in [6, 6.07) is 16.7. The van der Waals surface area contributed by atoms with E-state index in [9.17, 15) is 0 Å². The minimum absolute atomic E-state index is 0.301. The van der Waals surface area contributed by atoms with Crippen LogP contribution in [0.5, 0.6) is 0 Å². The lowest BCUT2D eigenvalue weighted by molar-refractivity contribution is 0.00578. The van der Waals surface area contributed by atoms with Crippen LogP contribution in [0.4, 0.5) is 0 Å². The molecule has 3 heterocycles. The Labute approximate surface area is 187 Å². The molecule has 0 unspecified atom stereocenters. The maximum absolute atomic E-state index is 6.15. The molecule has 1 fully saturated rings. The summed E-state index contributed by atoms with van der Waals surface area (Å²) in [5, 5.41) is 2.50. The highest BCUT2D eigenvalue weighted by Crippen LogP contribution is 2.37. The molecule has 30 heavy (non-hydrogen) atoms. The Kier molecular flexibility index (Phi) is 5.37. The predicted molar refractivity (Wildman–Crippen MR) is 129 cm³/mol. The molecule has 0 amide bonds. The van der Waals surface area contributed by atoms with Gasteiger partial charge in [0.25, 0.3) is 0 Å². The highest BCUT2D eigenvalue weighted by atomic mass is 79.9. The normalized spacial score (nSPS) is 17.4. The second kappa shape index (κ2) is 7.59. The summed E-state index contributed by atoms with van der Waals surface area (Å²) < 4.78 is 17.7. The summed E-state index contributed by atoms with van der Waals surface area (Å²) in [5.74, 6) is 0. The molecule has 0 atom stereocenters. The number of fused-ring (bicyclic) bond motifs is 2. The molecule has 0 N–H and O–H groups in total. The van der Waals surface area contributed by atoms with E-state index in [0.717, 1.165) is 9.94 Å². The van der Waals surface area contributed by atoms with Gasteiger partial charge in [0.05, 0.1) is 16.7 Å². The summed E-state index contributed by atoms with van der Waals surface area (Å²) in [6.07, 6.45) is 4.13. The fraction of sp³-hybridized carbons (Fsp3) is 0.333. The van der Waals surface area contributed by atoms with E-state index in [1.54, 1.807) is 0 Å². The van der Waals surface area contributed by atoms with E-state index in [2.05, 4.69) is 115 Å². The summed E-state index contributed by atoms with van der Waals surface area (Å²) in [7, 11) is 3.80. The molecule has 6 heteroatoms. The van der Waals surface area contributed by atoms with Gasteiger partial charge in [-0.1, -0.05) is 30.3 Å². The Balaban J connectivity index is 0.000000168. The highest BCUT2D eigenvalue weighted by Gasteiger charge is 2.52. The summed E-state index contributed by atoms with van der Waals surface area (Å²) in [4.78, 5) is 0. The van der Waals surface area contributed by atoms with Crippen LogP contribution in [0.1, 0.15) is 27.7 Å². The molecule has 2 aromatic heterocycles. The van der Waals surface area contributed by atoms with Gasteiger partial charge in [-0.3, -0.25) is 0 Å². The van der Waals surface area contributed by atoms with Gasteiger partial charge in [0.1, 0.15) is 0 Å². The molecule has 0 spiro atoms. The van der Waals surface area contributed by atoms with Gasteiger partial charge in [0.2, 0.25) is 0 Å². The van der Waals surface area contributed by atoms with Crippen LogP contribution in [0.3, 0.4) is 0 Å². The smallest absolute Gasteiger partial charge is 0.399 e. The molecule has 1 aliphatic rings. The van der Waals surface area contributed by atoms with Gasteiger partial charge in [-0.15, -0.1) is 0 Å². The van der Waals surface area contributed by atoms with E-state index in [1.165, 1.54) is 21.8 Å². The van der Waals surface area contributed by atoms with Gasteiger partial charge in [0, 0.05) is 47.3 Å². The van der Waals surface area contributed by atoms with Crippen molar-refractivity contribution in [1.82, 2.24) is 9.13 Å². The summed E-state index contributed by atoms with van der Waals surface area (Å²) in [5.41, 5.74) is 2.94. The number of benzene rings is 2. The summed E-state index contributed by atoms with van der Waals surface area (Å²) in [6.45, 7) is 8.33. The lowest BCUT2D eigenvalue weighted by Gasteiger charge is -2.32. The minimum Gasteiger partial charge on any atom is -0.399 e. The van der Waals surface area contributed by atoms with Crippen molar-refractivity contribution in [1.29, 1.82) is 0 Å². The third-order valence-electron chi connectivity index (χ3n) is 6.28. The van der Waals surface area contributed by atoms with Crippen molar-refractivity contribution in [3.8, 4) is 0 Å². The first-order chi connectivity index (χ1) is 14.1. The molecule has 0 saturated carbocycles. The van der Waals surface area contributed by atoms with E-state index in [0.29, 0.717) is 0 Å². The maximum atomic E-state index is 6.15. The second-order valence-corrected chi connectivity index (χ2v) is 9.76.